The Labute approximate surface area is 216 Å². The van der Waals surface area contributed by atoms with E-state index in [0.29, 0.717) is 12.5 Å². The van der Waals surface area contributed by atoms with Gasteiger partial charge in [-0.3, -0.25) is 15.0 Å². The Morgan fingerprint density at radius 2 is 1.81 bits per heavy atom. The number of piperazine rings is 1. The first kappa shape index (κ1) is 23.2. The lowest BCUT2D eigenvalue weighted by Crippen LogP contribution is -2.47. The zero-order valence-electron chi connectivity index (χ0n) is 20.8. The van der Waals surface area contributed by atoms with Crippen LogP contribution in [0.25, 0.3) is 10.8 Å². The van der Waals surface area contributed by atoms with Gasteiger partial charge < -0.3 is 15.5 Å². The number of fused-ring (bicyclic) bond motifs is 1. The minimum Gasteiger partial charge on any atom is -0.354 e. The van der Waals surface area contributed by atoms with Gasteiger partial charge >= 0.3 is 0 Å². The van der Waals surface area contributed by atoms with E-state index in [4.69, 9.17) is 4.99 Å². The number of nitrogens with one attached hydrogen (secondary N) is 2. The van der Waals surface area contributed by atoms with Crippen molar-refractivity contribution in [1.29, 1.82) is 0 Å². The number of rotatable bonds is 7. The van der Waals surface area contributed by atoms with Crippen LogP contribution < -0.4 is 10.6 Å². The van der Waals surface area contributed by atoms with Gasteiger partial charge in [0.25, 0.3) is 0 Å². The van der Waals surface area contributed by atoms with Crippen LogP contribution in [0.15, 0.2) is 77.2 Å². The van der Waals surface area contributed by atoms with Crippen molar-refractivity contribution in [1.82, 2.24) is 25.2 Å². The van der Waals surface area contributed by atoms with Gasteiger partial charge in [0.05, 0.1) is 18.4 Å². The fourth-order valence-electron chi connectivity index (χ4n) is 4.84. The molecule has 0 spiro atoms. The summed E-state index contributed by atoms with van der Waals surface area (Å²) >= 11 is 0. The molecule has 1 aliphatic heterocycles. The summed E-state index contributed by atoms with van der Waals surface area (Å²) in [6, 6.07) is 14.3. The highest BCUT2D eigenvalue weighted by atomic mass is 15.2. The first-order valence-electron chi connectivity index (χ1n) is 12.8. The minimum absolute atomic E-state index is 0.531. The lowest BCUT2D eigenvalue weighted by atomic mass is 10.0. The minimum atomic E-state index is 0.531. The van der Waals surface area contributed by atoms with E-state index in [2.05, 4.69) is 54.3 Å². The molecular weight excluding hydrogens is 460 g/mol. The van der Waals surface area contributed by atoms with Gasteiger partial charge in [0.15, 0.2) is 0 Å². The first-order chi connectivity index (χ1) is 18.3. The number of aliphatic imine (C=N–C) groups is 2. The summed E-state index contributed by atoms with van der Waals surface area (Å²) in [5.74, 6) is 3.02. The molecule has 4 heterocycles. The van der Waals surface area contributed by atoms with E-state index >= 15 is 0 Å². The SMILES string of the molecule is C=Nc1cncc(C2CC2)c1C(=NCc1ccnc(Nc2cc3ccccc3cn2)c1)N1CCNCC1. The van der Waals surface area contributed by atoms with Gasteiger partial charge in [-0.05, 0) is 60.2 Å². The summed E-state index contributed by atoms with van der Waals surface area (Å²) in [5, 5.41) is 9.04. The van der Waals surface area contributed by atoms with Crippen molar-refractivity contribution in [2.75, 3.05) is 31.5 Å². The van der Waals surface area contributed by atoms with Crippen LogP contribution in [0.5, 0.6) is 0 Å². The van der Waals surface area contributed by atoms with Crippen molar-refractivity contribution in [3.8, 4) is 0 Å². The monoisotopic (exact) mass is 490 g/mol. The molecule has 1 aliphatic carbocycles. The van der Waals surface area contributed by atoms with Gasteiger partial charge in [-0.2, -0.15) is 0 Å². The average Bonchev–Trinajstić information content (AvgIpc) is 3.80. The normalized spacial score (nSPS) is 16.1. The molecule has 8 heteroatoms. The molecule has 2 N–H and O–H groups in total. The number of amidine groups is 1. The predicted octanol–water partition coefficient (Wildman–Crippen LogP) is 4.83. The van der Waals surface area contributed by atoms with Crippen molar-refractivity contribution < 1.29 is 0 Å². The second-order valence-corrected chi connectivity index (χ2v) is 9.52. The average molecular weight is 491 g/mol. The lowest BCUT2D eigenvalue weighted by molar-refractivity contribution is 0.357. The molecule has 8 nitrogen and oxygen atoms in total. The van der Waals surface area contributed by atoms with Gasteiger partial charge in [-0.1, -0.05) is 24.3 Å². The highest BCUT2D eigenvalue weighted by Gasteiger charge is 2.31. The molecule has 37 heavy (non-hydrogen) atoms. The van der Waals surface area contributed by atoms with Crippen LogP contribution >= 0.6 is 0 Å². The smallest absolute Gasteiger partial charge is 0.133 e. The van der Waals surface area contributed by atoms with Crippen molar-refractivity contribution in [2.45, 2.75) is 25.3 Å². The number of benzene rings is 1. The second-order valence-electron chi connectivity index (χ2n) is 9.52. The molecule has 3 aromatic heterocycles. The standard InChI is InChI=1S/C29H30N8/c1-30-25-19-32-18-24(21-6-7-21)28(25)29(37-12-10-31-11-13-37)35-16-20-8-9-33-26(14-20)36-27-15-22-4-2-3-5-23(22)17-34-27/h2-5,8-9,14-15,17-19,21,31H,1,6-7,10-13,16H2,(H,33,34,36). The summed E-state index contributed by atoms with van der Waals surface area (Å²) in [5.41, 5.74) is 4.20. The molecule has 1 saturated heterocycles. The van der Waals surface area contributed by atoms with Gasteiger partial charge in [-0.15, -0.1) is 0 Å². The van der Waals surface area contributed by atoms with Crippen molar-refractivity contribution >= 4 is 40.6 Å². The van der Waals surface area contributed by atoms with E-state index in [1.54, 1.807) is 6.20 Å². The largest absolute Gasteiger partial charge is 0.354 e. The maximum atomic E-state index is 5.18. The quantitative estimate of drug-likeness (QED) is 0.285. The number of anilines is 2. The van der Waals surface area contributed by atoms with Gasteiger partial charge in [0.1, 0.15) is 17.5 Å². The van der Waals surface area contributed by atoms with Gasteiger partial charge in [0.2, 0.25) is 0 Å². The van der Waals surface area contributed by atoms with Crippen LogP contribution in [0.3, 0.4) is 0 Å². The third-order valence-electron chi connectivity index (χ3n) is 6.91. The predicted molar refractivity (Wildman–Crippen MR) is 149 cm³/mol. The second kappa shape index (κ2) is 10.4. The van der Waals surface area contributed by atoms with Crippen LogP contribution in [0.4, 0.5) is 17.3 Å². The van der Waals surface area contributed by atoms with E-state index < -0.39 is 0 Å². The van der Waals surface area contributed by atoms with Crippen LogP contribution in [-0.4, -0.2) is 58.6 Å². The number of hydrogen-bond donors (Lipinski definition) is 2. The van der Waals surface area contributed by atoms with E-state index in [0.717, 1.165) is 71.2 Å². The topological polar surface area (TPSA) is 90.7 Å². The first-order valence-corrected chi connectivity index (χ1v) is 12.8. The Balaban J connectivity index is 1.30. The van der Waals surface area contributed by atoms with Gasteiger partial charge in [0, 0.05) is 55.7 Å². The maximum Gasteiger partial charge on any atom is 0.133 e. The third kappa shape index (κ3) is 5.20. The Hall–Kier alpha value is -4.17. The summed E-state index contributed by atoms with van der Waals surface area (Å²) in [4.78, 5) is 25.4. The maximum absolute atomic E-state index is 5.18. The molecule has 186 valence electrons. The Morgan fingerprint density at radius 1 is 1.00 bits per heavy atom. The van der Waals surface area contributed by atoms with E-state index in [1.165, 1.54) is 18.4 Å². The molecule has 1 saturated carbocycles. The molecule has 2 fully saturated rings. The van der Waals surface area contributed by atoms with E-state index in [9.17, 15) is 0 Å². The number of nitrogens with zero attached hydrogens (tertiary/aromatic N) is 6. The fourth-order valence-corrected chi connectivity index (χ4v) is 4.84. The molecule has 2 aliphatic rings. The number of hydrogen-bond acceptors (Lipinski definition) is 7. The molecule has 1 aromatic carbocycles. The van der Waals surface area contributed by atoms with E-state index in [1.807, 2.05) is 48.9 Å². The lowest BCUT2D eigenvalue weighted by Gasteiger charge is -2.32. The molecule has 0 bridgehead atoms. The number of pyridine rings is 3. The van der Waals surface area contributed by atoms with Crippen LogP contribution in [0.1, 0.15) is 35.4 Å². The van der Waals surface area contributed by atoms with Gasteiger partial charge in [-0.25, -0.2) is 9.97 Å². The zero-order chi connectivity index (χ0) is 25.0. The molecule has 0 atom stereocenters. The summed E-state index contributed by atoms with van der Waals surface area (Å²) in [6.45, 7) is 8.03. The zero-order valence-corrected chi connectivity index (χ0v) is 20.8. The summed E-state index contributed by atoms with van der Waals surface area (Å²) in [6.07, 6.45) is 9.86. The molecule has 0 unspecified atom stereocenters. The van der Waals surface area contributed by atoms with Crippen molar-refractivity contribution in [3.63, 3.8) is 0 Å². The number of aromatic nitrogens is 3. The fraction of sp³-hybridized carbons (Fsp3) is 0.276. The molecule has 0 amide bonds. The van der Waals surface area contributed by atoms with Crippen LogP contribution in [-0.2, 0) is 6.54 Å². The third-order valence-corrected chi connectivity index (χ3v) is 6.91. The summed E-state index contributed by atoms with van der Waals surface area (Å²) < 4.78 is 0. The Kier molecular flexibility index (Phi) is 6.56. The van der Waals surface area contributed by atoms with Crippen molar-refractivity contribution in [2.24, 2.45) is 9.98 Å². The highest BCUT2D eigenvalue weighted by molar-refractivity contribution is 6.04. The Morgan fingerprint density at radius 3 is 2.62 bits per heavy atom. The van der Waals surface area contributed by atoms with Crippen molar-refractivity contribution in [3.05, 3.63) is 83.9 Å². The van der Waals surface area contributed by atoms with Crippen LogP contribution in [0, 0.1) is 0 Å². The highest BCUT2D eigenvalue weighted by Crippen LogP contribution is 2.43. The summed E-state index contributed by atoms with van der Waals surface area (Å²) in [7, 11) is 0. The Bertz CT molecular complexity index is 1450. The molecular formula is C29H30N8. The molecule has 6 rings (SSSR count). The molecule has 4 aromatic rings. The van der Waals surface area contributed by atoms with E-state index in [-0.39, 0.29) is 0 Å². The van der Waals surface area contributed by atoms with Crippen LogP contribution in [0.2, 0.25) is 0 Å². The molecule has 0 radical (unpaired) electrons.